The zero-order chi connectivity index (χ0) is 17.2. The lowest BCUT2D eigenvalue weighted by Gasteiger charge is -2.26. The van der Waals surface area contributed by atoms with Gasteiger partial charge in [-0.15, -0.1) is 0 Å². The first-order valence-electron chi connectivity index (χ1n) is 7.34. The molecule has 6 nitrogen and oxygen atoms in total. The summed E-state index contributed by atoms with van der Waals surface area (Å²) in [5.41, 5.74) is -1.87. The van der Waals surface area contributed by atoms with Gasteiger partial charge in [0.15, 0.2) is 0 Å². The van der Waals surface area contributed by atoms with Gasteiger partial charge in [-0.3, -0.25) is 4.79 Å². The van der Waals surface area contributed by atoms with Crippen molar-refractivity contribution in [3.05, 3.63) is 29.3 Å². The van der Waals surface area contributed by atoms with E-state index < -0.39 is 35.3 Å². The Morgan fingerprint density at radius 1 is 1.29 bits per heavy atom. The number of alkyl halides is 3. The lowest BCUT2D eigenvalue weighted by Crippen LogP contribution is -2.51. The Morgan fingerprint density at radius 3 is 2.67 bits per heavy atom. The molecule has 3 atom stereocenters. The molecular formula is C15H11F3N4O2. The highest BCUT2D eigenvalue weighted by Crippen LogP contribution is 2.40. The van der Waals surface area contributed by atoms with Crippen molar-refractivity contribution in [3.63, 3.8) is 0 Å². The summed E-state index contributed by atoms with van der Waals surface area (Å²) < 4.78 is 39.3. The molecule has 3 saturated heterocycles. The van der Waals surface area contributed by atoms with Crippen LogP contribution in [0.2, 0.25) is 0 Å². The third-order valence-corrected chi connectivity index (χ3v) is 4.79. The van der Waals surface area contributed by atoms with Crippen LogP contribution in [0.15, 0.2) is 18.2 Å². The zero-order valence-corrected chi connectivity index (χ0v) is 12.2. The van der Waals surface area contributed by atoms with E-state index in [1.165, 1.54) is 17.0 Å². The number of rotatable bonds is 1. The number of amides is 3. The van der Waals surface area contributed by atoms with Crippen molar-refractivity contribution in [2.24, 2.45) is 0 Å². The van der Waals surface area contributed by atoms with E-state index in [1.54, 1.807) is 0 Å². The average molecular weight is 336 g/mol. The van der Waals surface area contributed by atoms with Crippen LogP contribution in [0.5, 0.6) is 0 Å². The maximum atomic E-state index is 13.1. The van der Waals surface area contributed by atoms with Gasteiger partial charge < -0.3 is 10.2 Å². The number of nitrogens with zero attached hydrogens (tertiary/aromatic N) is 3. The smallest absolute Gasteiger partial charge is 0.309 e. The van der Waals surface area contributed by atoms with E-state index in [1.807, 2.05) is 0 Å². The molecule has 0 aromatic heterocycles. The van der Waals surface area contributed by atoms with E-state index in [9.17, 15) is 22.8 Å². The molecule has 9 heteroatoms. The first kappa shape index (κ1) is 15.0. The highest BCUT2D eigenvalue weighted by atomic mass is 19.4. The second-order valence-corrected chi connectivity index (χ2v) is 6.05. The summed E-state index contributed by atoms with van der Waals surface area (Å²) in [4.78, 5) is 27.4. The fraction of sp³-hybridized carbons (Fsp3) is 0.400. The number of anilines is 1. The van der Waals surface area contributed by atoms with Crippen LogP contribution in [0.25, 0.3) is 0 Å². The van der Waals surface area contributed by atoms with E-state index >= 15 is 0 Å². The second-order valence-electron chi connectivity index (χ2n) is 6.05. The summed E-state index contributed by atoms with van der Waals surface area (Å²) >= 11 is 0. The number of benzene rings is 1. The molecule has 1 N–H and O–H groups in total. The van der Waals surface area contributed by atoms with Crippen LogP contribution in [0.1, 0.15) is 17.5 Å². The average Bonchev–Trinajstić information content (AvgIpc) is 3.20. The molecule has 1 aromatic carbocycles. The van der Waals surface area contributed by atoms with Crippen LogP contribution in [0.4, 0.5) is 23.7 Å². The lowest BCUT2D eigenvalue weighted by molar-refractivity contribution is -0.137. The molecule has 3 aliphatic rings. The predicted octanol–water partition coefficient (Wildman–Crippen LogP) is 1.46. The molecule has 0 spiro atoms. The van der Waals surface area contributed by atoms with Crippen molar-refractivity contribution >= 4 is 17.6 Å². The Morgan fingerprint density at radius 2 is 2.04 bits per heavy atom. The topological polar surface area (TPSA) is 76.4 Å². The van der Waals surface area contributed by atoms with E-state index in [2.05, 4.69) is 5.32 Å². The first-order valence-corrected chi connectivity index (χ1v) is 7.34. The number of hydrogen-bond acceptors (Lipinski definition) is 4. The van der Waals surface area contributed by atoms with E-state index in [4.69, 9.17) is 5.26 Å². The number of nitriles is 1. The highest BCUT2D eigenvalue weighted by Gasteiger charge is 2.59. The van der Waals surface area contributed by atoms with Gasteiger partial charge in [0.05, 0.1) is 22.9 Å². The largest absolute Gasteiger partial charge is 0.417 e. The molecule has 24 heavy (non-hydrogen) atoms. The summed E-state index contributed by atoms with van der Waals surface area (Å²) in [5.74, 6) is -0.530. The molecule has 4 rings (SSSR count). The third kappa shape index (κ3) is 1.86. The molecule has 1 aromatic rings. The standard InChI is InChI=1S/C15H11F3N4O2/c16-15(17,18)10-3-8(2-1-7(10)5-19)22-13(23)12-11-4-9(6-20-11)21(12)14(22)24/h1-3,9,11-12,20H,4,6H2/t9?,11?,12-/m0/s1. The highest BCUT2D eigenvalue weighted by molar-refractivity contribution is 6.22. The van der Waals surface area contributed by atoms with Gasteiger partial charge in [-0.25, -0.2) is 9.69 Å². The summed E-state index contributed by atoms with van der Waals surface area (Å²) in [6, 6.07) is 2.81. The molecular weight excluding hydrogens is 325 g/mol. The normalized spacial score (nSPS) is 28.5. The van der Waals surface area contributed by atoms with Crippen LogP contribution in [0, 0.1) is 11.3 Å². The van der Waals surface area contributed by atoms with Crippen molar-refractivity contribution < 1.29 is 22.8 Å². The van der Waals surface area contributed by atoms with Crippen LogP contribution in [-0.2, 0) is 11.0 Å². The van der Waals surface area contributed by atoms with Gasteiger partial charge >= 0.3 is 12.2 Å². The Bertz CT molecular complexity index is 773. The molecule has 124 valence electrons. The van der Waals surface area contributed by atoms with E-state index in [0.29, 0.717) is 19.0 Å². The summed E-state index contributed by atoms with van der Waals surface area (Å²) in [7, 11) is 0. The van der Waals surface area contributed by atoms with Crippen molar-refractivity contribution in [2.75, 3.05) is 11.4 Å². The quantitative estimate of drug-likeness (QED) is 0.788. The van der Waals surface area contributed by atoms with E-state index in [0.717, 1.165) is 11.0 Å². The van der Waals surface area contributed by atoms with Gasteiger partial charge in [0, 0.05) is 18.6 Å². The van der Waals surface area contributed by atoms with Gasteiger partial charge in [0.25, 0.3) is 5.91 Å². The number of carbonyl (C=O) groups is 2. The summed E-state index contributed by atoms with van der Waals surface area (Å²) in [5, 5.41) is 12.0. The summed E-state index contributed by atoms with van der Waals surface area (Å²) in [6.07, 6.45) is -4.07. The maximum Gasteiger partial charge on any atom is 0.417 e. The van der Waals surface area contributed by atoms with Crippen LogP contribution in [-0.4, -0.2) is 41.5 Å². The fourth-order valence-electron chi connectivity index (χ4n) is 3.77. The number of halogens is 3. The van der Waals surface area contributed by atoms with Gasteiger partial charge in [-0.2, -0.15) is 18.4 Å². The number of fused-ring (bicyclic) bond motifs is 5. The Hall–Kier alpha value is -2.60. The van der Waals surface area contributed by atoms with Gasteiger partial charge in [-0.1, -0.05) is 0 Å². The van der Waals surface area contributed by atoms with Crippen LogP contribution < -0.4 is 10.2 Å². The molecule has 3 aliphatic heterocycles. The monoisotopic (exact) mass is 336 g/mol. The predicted molar refractivity (Wildman–Crippen MR) is 74.9 cm³/mol. The van der Waals surface area contributed by atoms with E-state index in [-0.39, 0.29) is 17.8 Å². The molecule has 0 aliphatic carbocycles. The van der Waals surface area contributed by atoms with Crippen molar-refractivity contribution in [1.29, 1.82) is 5.26 Å². The number of carbonyl (C=O) groups excluding carboxylic acids is 2. The minimum Gasteiger partial charge on any atom is -0.309 e. The fourth-order valence-corrected chi connectivity index (χ4v) is 3.77. The summed E-state index contributed by atoms with van der Waals surface area (Å²) in [6.45, 7) is 0.579. The molecule has 3 fully saturated rings. The Labute approximate surface area is 134 Å². The van der Waals surface area contributed by atoms with Crippen molar-refractivity contribution in [3.8, 4) is 6.07 Å². The number of nitrogens with one attached hydrogen (secondary N) is 1. The Balaban J connectivity index is 1.76. The number of urea groups is 1. The van der Waals surface area contributed by atoms with Gasteiger partial charge in [0.1, 0.15) is 6.04 Å². The SMILES string of the molecule is N#Cc1ccc(N2C(=O)[C@@H]3C4CC(CN4)N3C2=O)cc1C(F)(F)F. The minimum atomic E-state index is -4.75. The molecule has 2 bridgehead atoms. The van der Waals surface area contributed by atoms with Crippen LogP contribution in [0.3, 0.4) is 0 Å². The third-order valence-electron chi connectivity index (χ3n) is 4.79. The zero-order valence-electron chi connectivity index (χ0n) is 12.2. The maximum absolute atomic E-state index is 13.1. The second kappa shape index (κ2) is 4.70. The Kier molecular flexibility index (Phi) is 2.93. The van der Waals surface area contributed by atoms with Crippen LogP contribution >= 0.6 is 0 Å². The molecule has 0 radical (unpaired) electrons. The number of piperazine rings is 1. The van der Waals surface area contributed by atoms with Crippen molar-refractivity contribution in [2.45, 2.75) is 30.7 Å². The first-order chi connectivity index (χ1) is 11.3. The minimum absolute atomic E-state index is 0.109. The molecule has 3 heterocycles. The molecule has 3 amide bonds. The van der Waals surface area contributed by atoms with Crippen molar-refractivity contribution in [1.82, 2.24) is 10.2 Å². The number of imide groups is 1. The lowest BCUT2D eigenvalue weighted by atomic mass is 10.1. The van der Waals surface area contributed by atoms with Gasteiger partial charge in [-0.05, 0) is 24.6 Å². The molecule has 0 saturated carbocycles. The molecule has 2 unspecified atom stereocenters. The number of hydrogen-bond donors (Lipinski definition) is 1. The van der Waals surface area contributed by atoms with Gasteiger partial charge in [0.2, 0.25) is 0 Å².